The number of hydrogen-bond acceptors (Lipinski definition) is 5. The molecule has 1 aliphatic rings. The Morgan fingerprint density at radius 1 is 1.03 bits per heavy atom. The molecule has 0 aliphatic carbocycles. The number of hydrogen-bond donors (Lipinski definition) is 3. The molecular weight excluding hydrogens is 442 g/mol. The molecule has 4 aromatic carbocycles. The fraction of sp³-hybridized carbons (Fsp3) is 0.0714. The van der Waals surface area contributed by atoms with E-state index in [4.69, 9.17) is 4.74 Å². The molecule has 0 saturated carbocycles. The third-order valence-electron chi connectivity index (χ3n) is 5.85. The van der Waals surface area contributed by atoms with E-state index in [1.165, 1.54) is 5.01 Å². The fourth-order valence-corrected chi connectivity index (χ4v) is 4.17. The predicted molar refractivity (Wildman–Crippen MR) is 134 cm³/mol. The van der Waals surface area contributed by atoms with Crippen molar-refractivity contribution in [2.24, 2.45) is 0 Å². The minimum absolute atomic E-state index is 0.0105. The van der Waals surface area contributed by atoms with Gasteiger partial charge in [0, 0.05) is 16.8 Å². The number of fused-ring (bicyclic) bond motifs is 2. The number of amides is 2. The first-order valence-corrected chi connectivity index (χ1v) is 11.1. The molecule has 174 valence electrons. The Morgan fingerprint density at radius 3 is 2.57 bits per heavy atom. The van der Waals surface area contributed by atoms with Crippen molar-refractivity contribution >= 4 is 28.3 Å². The number of phenolic OH excluding ortho intramolecular Hbond substituents is 1. The van der Waals surface area contributed by atoms with Gasteiger partial charge in [0.1, 0.15) is 18.1 Å². The first-order chi connectivity index (χ1) is 17.1. The van der Waals surface area contributed by atoms with E-state index >= 15 is 0 Å². The Morgan fingerprint density at radius 2 is 1.77 bits per heavy atom. The van der Waals surface area contributed by atoms with Crippen molar-refractivity contribution in [1.82, 2.24) is 10.4 Å². The van der Waals surface area contributed by atoms with Gasteiger partial charge >= 0.3 is 0 Å². The van der Waals surface area contributed by atoms with Crippen molar-refractivity contribution in [2.45, 2.75) is 6.17 Å². The molecule has 5 rings (SSSR count). The largest absolute Gasteiger partial charge is 0.507 e. The van der Waals surface area contributed by atoms with Gasteiger partial charge in [-0.1, -0.05) is 55.1 Å². The maximum atomic E-state index is 13.5. The van der Waals surface area contributed by atoms with Crippen LogP contribution < -0.4 is 15.5 Å². The van der Waals surface area contributed by atoms with Crippen LogP contribution in [0.2, 0.25) is 0 Å². The van der Waals surface area contributed by atoms with E-state index in [9.17, 15) is 14.7 Å². The van der Waals surface area contributed by atoms with Gasteiger partial charge in [0.05, 0.1) is 5.56 Å². The van der Waals surface area contributed by atoms with Gasteiger partial charge < -0.3 is 15.2 Å². The number of nitrogens with zero attached hydrogens (tertiary/aromatic N) is 1. The molecule has 0 bridgehead atoms. The number of para-hydroxylation sites is 1. The van der Waals surface area contributed by atoms with Crippen LogP contribution in [-0.2, 0) is 0 Å². The maximum Gasteiger partial charge on any atom is 0.276 e. The maximum absolute atomic E-state index is 13.5. The van der Waals surface area contributed by atoms with Crippen LogP contribution in [0.4, 0.5) is 5.69 Å². The molecule has 1 atom stereocenters. The molecular formula is C28H23N3O4. The van der Waals surface area contributed by atoms with Gasteiger partial charge in [-0.2, -0.15) is 0 Å². The molecule has 0 fully saturated rings. The molecule has 1 heterocycles. The molecule has 0 spiro atoms. The molecule has 3 N–H and O–H groups in total. The van der Waals surface area contributed by atoms with Crippen molar-refractivity contribution in [2.75, 3.05) is 11.9 Å². The highest BCUT2D eigenvalue weighted by atomic mass is 16.5. The molecule has 4 aromatic rings. The normalized spacial score (nSPS) is 14.7. The summed E-state index contributed by atoms with van der Waals surface area (Å²) in [6.45, 7) is 3.97. The Kier molecular flexibility index (Phi) is 5.81. The Labute approximate surface area is 202 Å². The number of benzene rings is 4. The van der Waals surface area contributed by atoms with Crippen LogP contribution in [0.3, 0.4) is 0 Å². The summed E-state index contributed by atoms with van der Waals surface area (Å²) >= 11 is 0. The van der Waals surface area contributed by atoms with Crippen LogP contribution in [0.1, 0.15) is 32.4 Å². The van der Waals surface area contributed by atoms with Crippen LogP contribution in [0.15, 0.2) is 97.6 Å². The van der Waals surface area contributed by atoms with E-state index in [0.29, 0.717) is 34.7 Å². The molecule has 7 nitrogen and oxygen atoms in total. The molecule has 7 heteroatoms. The zero-order valence-corrected chi connectivity index (χ0v) is 18.8. The van der Waals surface area contributed by atoms with Crippen LogP contribution in [-0.4, -0.2) is 28.5 Å². The van der Waals surface area contributed by atoms with E-state index in [-0.39, 0.29) is 5.75 Å². The summed E-state index contributed by atoms with van der Waals surface area (Å²) in [5.41, 5.74) is 4.61. The highest BCUT2D eigenvalue weighted by molar-refractivity contribution is 6.04. The van der Waals surface area contributed by atoms with Crippen molar-refractivity contribution in [1.29, 1.82) is 0 Å². The third-order valence-corrected chi connectivity index (χ3v) is 5.85. The fourth-order valence-electron chi connectivity index (χ4n) is 4.17. The number of hydrazine groups is 1. The number of anilines is 1. The van der Waals surface area contributed by atoms with Gasteiger partial charge in [-0.15, -0.1) is 0 Å². The van der Waals surface area contributed by atoms with Gasteiger partial charge in [0.15, 0.2) is 6.17 Å². The lowest BCUT2D eigenvalue weighted by Gasteiger charge is -2.38. The third kappa shape index (κ3) is 4.15. The van der Waals surface area contributed by atoms with Gasteiger partial charge in [-0.3, -0.25) is 15.0 Å². The average molecular weight is 466 g/mol. The summed E-state index contributed by atoms with van der Waals surface area (Å²) in [4.78, 5) is 26.7. The quantitative estimate of drug-likeness (QED) is 0.348. The molecule has 35 heavy (non-hydrogen) atoms. The minimum atomic E-state index is -0.845. The van der Waals surface area contributed by atoms with Crippen LogP contribution in [0, 0.1) is 0 Å². The lowest BCUT2D eigenvalue weighted by Crippen LogP contribution is -2.52. The van der Waals surface area contributed by atoms with Gasteiger partial charge in [0.25, 0.3) is 11.8 Å². The van der Waals surface area contributed by atoms with E-state index in [0.717, 1.165) is 10.8 Å². The monoisotopic (exact) mass is 465 g/mol. The van der Waals surface area contributed by atoms with Crippen molar-refractivity contribution < 1.29 is 19.4 Å². The summed E-state index contributed by atoms with van der Waals surface area (Å²) in [6, 6.07) is 24.6. The molecule has 0 unspecified atom stereocenters. The minimum Gasteiger partial charge on any atom is -0.507 e. The summed E-state index contributed by atoms with van der Waals surface area (Å²) in [7, 11) is 0. The van der Waals surface area contributed by atoms with E-state index in [1.807, 2.05) is 36.4 Å². The topological polar surface area (TPSA) is 90.9 Å². The number of rotatable bonds is 6. The number of carbonyl (C=O) groups is 2. The first-order valence-electron chi connectivity index (χ1n) is 11.1. The van der Waals surface area contributed by atoms with Crippen molar-refractivity contribution in [3.8, 4) is 11.5 Å². The zero-order chi connectivity index (χ0) is 24.4. The highest BCUT2D eigenvalue weighted by Crippen LogP contribution is 2.39. The SMILES string of the molecule is C=CCOc1ccc(C(=O)NN2C(=O)c3ccccc3N[C@H]2c2c(O)ccc3ccccc23)cc1. The average Bonchev–Trinajstić information content (AvgIpc) is 2.89. The second kappa shape index (κ2) is 9.23. The summed E-state index contributed by atoms with van der Waals surface area (Å²) in [5.74, 6) is -0.253. The highest BCUT2D eigenvalue weighted by Gasteiger charge is 2.36. The second-order valence-corrected chi connectivity index (χ2v) is 8.05. The molecule has 1 aliphatic heterocycles. The zero-order valence-electron chi connectivity index (χ0n) is 18.8. The molecule has 0 saturated heterocycles. The number of carbonyl (C=O) groups excluding carboxylic acids is 2. The predicted octanol–water partition coefficient (Wildman–Crippen LogP) is 5.02. The number of phenols is 1. The summed E-state index contributed by atoms with van der Waals surface area (Å²) < 4.78 is 5.47. The first kappa shape index (κ1) is 22.0. The van der Waals surface area contributed by atoms with Crippen LogP contribution >= 0.6 is 0 Å². The van der Waals surface area contributed by atoms with Gasteiger partial charge in [-0.05, 0) is 53.2 Å². The summed E-state index contributed by atoms with van der Waals surface area (Å²) in [5, 5.41) is 17.1. The van der Waals surface area contributed by atoms with Crippen molar-refractivity contribution in [3.05, 3.63) is 114 Å². The standard InChI is InChI=1S/C28H23N3O4/c1-2-17-35-20-14-11-19(12-15-20)27(33)30-31-26(29-23-10-6-5-9-22(23)28(31)34)25-21-8-4-3-7-18(21)13-16-24(25)32/h2-16,26,29,32H,1,17H2,(H,30,33)/t26-/m1/s1. The van der Waals surface area contributed by atoms with Crippen LogP contribution in [0.5, 0.6) is 11.5 Å². The molecule has 0 radical (unpaired) electrons. The Bertz CT molecular complexity index is 1430. The van der Waals surface area contributed by atoms with Crippen LogP contribution in [0.25, 0.3) is 10.8 Å². The Balaban J connectivity index is 1.54. The lowest BCUT2D eigenvalue weighted by atomic mass is 9.98. The summed E-state index contributed by atoms with van der Waals surface area (Å²) in [6.07, 6.45) is 0.790. The smallest absolute Gasteiger partial charge is 0.276 e. The Hall–Kier alpha value is -4.78. The molecule has 0 aromatic heterocycles. The molecule has 2 amide bonds. The van der Waals surface area contributed by atoms with Gasteiger partial charge in [-0.25, -0.2) is 5.01 Å². The lowest BCUT2D eigenvalue weighted by molar-refractivity contribution is 0.0490. The number of aromatic hydroxyl groups is 1. The van der Waals surface area contributed by atoms with Crippen molar-refractivity contribution in [3.63, 3.8) is 0 Å². The second-order valence-electron chi connectivity index (χ2n) is 8.05. The number of nitrogens with one attached hydrogen (secondary N) is 2. The van der Waals surface area contributed by atoms with E-state index < -0.39 is 18.0 Å². The van der Waals surface area contributed by atoms with E-state index in [1.54, 1.807) is 54.6 Å². The van der Waals surface area contributed by atoms with E-state index in [2.05, 4.69) is 17.3 Å². The van der Waals surface area contributed by atoms with Gasteiger partial charge in [0.2, 0.25) is 0 Å². The number of ether oxygens (including phenoxy) is 1.